The van der Waals surface area contributed by atoms with Crippen LogP contribution in [0.25, 0.3) is 0 Å². The van der Waals surface area contributed by atoms with E-state index in [2.05, 4.69) is 5.32 Å². The third-order valence-electron chi connectivity index (χ3n) is 3.82. The van der Waals surface area contributed by atoms with Gasteiger partial charge in [0, 0.05) is 12.1 Å². The fourth-order valence-electron chi connectivity index (χ4n) is 2.42. The average molecular weight is 341 g/mol. The molecule has 1 N–H and O–H groups in total. The highest BCUT2D eigenvalue weighted by Crippen LogP contribution is 2.19. The van der Waals surface area contributed by atoms with Gasteiger partial charge in [-0.25, -0.2) is 0 Å². The Morgan fingerprint density at radius 3 is 2.60 bits per heavy atom. The molecular weight excluding hydrogens is 318 g/mol. The highest BCUT2D eigenvalue weighted by Gasteiger charge is 2.11. The van der Waals surface area contributed by atoms with Crippen LogP contribution in [0.5, 0.6) is 5.75 Å². The maximum Gasteiger partial charge on any atom is 0.306 e. The summed E-state index contributed by atoms with van der Waals surface area (Å²) >= 11 is 0. The van der Waals surface area contributed by atoms with Gasteiger partial charge in [-0.15, -0.1) is 0 Å². The number of carbonyl (C=O) groups is 2. The Kier molecular flexibility index (Phi) is 6.57. The van der Waals surface area contributed by atoms with Gasteiger partial charge >= 0.3 is 5.97 Å². The number of methoxy groups -OCH3 is 1. The molecule has 0 saturated heterocycles. The molecule has 2 rings (SSSR count). The van der Waals surface area contributed by atoms with Crippen molar-refractivity contribution in [3.8, 4) is 5.75 Å². The molecule has 0 heterocycles. The maximum atomic E-state index is 11.9. The van der Waals surface area contributed by atoms with Crippen molar-refractivity contribution in [3.63, 3.8) is 0 Å². The van der Waals surface area contributed by atoms with Crippen LogP contribution in [0.1, 0.15) is 23.1 Å². The molecule has 0 aromatic heterocycles. The number of benzene rings is 2. The van der Waals surface area contributed by atoms with Gasteiger partial charge in [-0.05, 0) is 49.1 Å². The van der Waals surface area contributed by atoms with E-state index in [0.717, 1.165) is 28.1 Å². The van der Waals surface area contributed by atoms with Crippen molar-refractivity contribution in [2.45, 2.75) is 26.7 Å². The lowest BCUT2D eigenvalue weighted by atomic mass is 10.1. The molecule has 132 valence electrons. The van der Waals surface area contributed by atoms with Gasteiger partial charge in [-0.1, -0.05) is 30.3 Å². The first-order valence-electron chi connectivity index (χ1n) is 8.14. The largest absolute Gasteiger partial charge is 0.496 e. The molecule has 0 spiro atoms. The van der Waals surface area contributed by atoms with Gasteiger partial charge in [0.15, 0.2) is 6.61 Å². The Morgan fingerprint density at radius 1 is 1.08 bits per heavy atom. The molecule has 1 amide bonds. The van der Waals surface area contributed by atoms with Crippen LogP contribution < -0.4 is 10.1 Å². The van der Waals surface area contributed by atoms with Crippen LogP contribution in [-0.2, 0) is 20.7 Å². The van der Waals surface area contributed by atoms with Gasteiger partial charge in [0.1, 0.15) is 5.75 Å². The van der Waals surface area contributed by atoms with Gasteiger partial charge in [-0.2, -0.15) is 0 Å². The van der Waals surface area contributed by atoms with Crippen molar-refractivity contribution in [2.75, 3.05) is 19.0 Å². The lowest BCUT2D eigenvalue weighted by Crippen LogP contribution is -2.21. The van der Waals surface area contributed by atoms with Crippen LogP contribution in [0, 0.1) is 13.8 Å². The molecule has 0 aliphatic carbocycles. The minimum Gasteiger partial charge on any atom is -0.496 e. The summed E-state index contributed by atoms with van der Waals surface area (Å²) in [5.41, 5.74) is 3.67. The summed E-state index contributed by atoms with van der Waals surface area (Å²) in [5, 5.41) is 2.76. The molecule has 0 bridgehead atoms. The Balaban J connectivity index is 1.79. The highest BCUT2D eigenvalue weighted by molar-refractivity contribution is 5.93. The minimum absolute atomic E-state index is 0.192. The van der Waals surface area contributed by atoms with Gasteiger partial charge in [0.25, 0.3) is 5.91 Å². The third kappa shape index (κ3) is 5.64. The number of rotatable bonds is 7. The Bertz CT molecular complexity index is 755. The second-order valence-corrected chi connectivity index (χ2v) is 5.84. The maximum absolute atomic E-state index is 11.9. The number of ether oxygens (including phenoxy) is 2. The van der Waals surface area contributed by atoms with E-state index in [0.29, 0.717) is 6.42 Å². The number of anilines is 1. The first-order valence-corrected chi connectivity index (χ1v) is 8.14. The second-order valence-electron chi connectivity index (χ2n) is 5.84. The first kappa shape index (κ1) is 18.5. The molecule has 0 radical (unpaired) electrons. The first-order chi connectivity index (χ1) is 12.0. The van der Waals surface area contributed by atoms with Crippen molar-refractivity contribution in [2.24, 2.45) is 0 Å². The quantitative estimate of drug-likeness (QED) is 0.784. The van der Waals surface area contributed by atoms with Crippen LogP contribution in [0.15, 0.2) is 42.5 Å². The average Bonchev–Trinajstić information content (AvgIpc) is 2.61. The lowest BCUT2D eigenvalue weighted by Gasteiger charge is -2.10. The number of esters is 1. The van der Waals surface area contributed by atoms with Crippen molar-refractivity contribution in [1.29, 1.82) is 0 Å². The zero-order valence-corrected chi connectivity index (χ0v) is 14.8. The van der Waals surface area contributed by atoms with E-state index < -0.39 is 5.97 Å². The van der Waals surface area contributed by atoms with E-state index in [1.54, 1.807) is 7.11 Å². The monoisotopic (exact) mass is 341 g/mol. The molecule has 0 aliphatic rings. The van der Waals surface area contributed by atoms with Gasteiger partial charge in [0.2, 0.25) is 0 Å². The Morgan fingerprint density at radius 2 is 1.84 bits per heavy atom. The summed E-state index contributed by atoms with van der Waals surface area (Å²) in [6, 6.07) is 13.3. The number of aryl methyl sites for hydroxylation is 3. The molecule has 0 aliphatic heterocycles. The van der Waals surface area contributed by atoms with E-state index in [-0.39, 0.29) is 18.9 Å². The summed E-state index contributed by atoms with van der Waals surface area (Å²) in [6.07, 6.45) is 0.693. The zero-order valence-electron chi connectivity index (χ0n) is 14.8. The summed E-state index contributed by atoms with van der Waals surface area (Å²) in [7, 11) is 1.59. The number of hydrogen-bond donors (Lipinski definition) is 1. The molecule has 0 atom stereocenters. The van der Waals surface area contributed by atoms with Crippen molar-refractivity contribution in [3.05, 3.63) is 59.2 Å². The summed E-state index contributed by atoms with van der Waals surface area (Å²) in [6.45, 7) is 3.57. The van der Waals surface area contributed by atoms with E-state index in [4.69, 9.17) is 9.47 Å². The molecule has 5 nitrogen and oxygen atoms in total. The predicted octanol–water partition coefficient (Wildman–Crippen LogP) is 3.43. The fourth-order valence-corrected chi connectivity index (χ4v) is 2.42. The van der Waals surface area contributed by atoms with E-state index in [9.17, 15) is 9.59 Å². The second kappa shape index (κ2) is 8.87. The van der Waals surface area contributed by atoms with E-state index >= 15 is 0 Å². The Hall–Kier alpha value is -2.82. The summed E-state index contributed by atoms with van der Waals surface area (Å²) < 4.78 is 10.3. The number of nitrogens with one attached hydrogen (secondary N) is 1. The topological polar surface area (TPSA) is 64.6 Å². The van der Waals surface area contributed by atoms with Crippen LogP contribution in [-0.4, -0.2) is 25.6 Å². The predicted molar refractivity (Wildman–Crippen MR) is 96.8 cm³/mol. The molecule has 0 saturated carbocycles. The SMILES string of the molecule is COc1ccccc1CCC(=O)OCC(=O)Nc1cc(C)ccc1C. The fraction of sp³-hybridized carbons (Fsp3) is 0.300. The van der Waals surface area contributed by atoms with Crippen molar-refractivity contribution >= 4 is 17.6 Å². The molecule has 0 fully saturated rings. The highest BCUT2D eigenvalue weighted by atomic mass is 16.5. The molecule has 2 aromatic rings. The number of para-hydroxylation sites is 1. The molecule has 2 aromatic carbocycles. The van der Waals surface area contributed by atoms with Gasteiger partial charge in [0.05, 0.1) is 7.11 Å². The van der Waals surface area contributed by atoms with Crippen molar-refractivity contribution < 1.29 is 19.1 Å². The van der Waals surface area contributed by atoms with Crippen molar-refractivity contribution in [1.82, 2.24) is 0 Å². The van der Waals surface area contributed by atoms with Crippen LogP contribution in [0.3, 0.4) is 0 Å². The molecule has 0 unspecified atom stereocenters. The molecular formula is C20H23NO4. The Labute approximate surface area is 148 Å². The summed E-state index contributed by atoms with van der Waals surface area (Å²) in [4.78, 5) is 23.8. The normalized spacial score (nSPS) is 10.2. The van der Waals surface area contributed by atoms with Gasteiger partial charge < -0.3 is 14.8 Å². The molecule has 25 heavy (non-hydrogen) atoms. The van der Waals surface area contributed by atoms with Gasteiger partial charge in [-0.3, -0.25) is 9.59 Å². The van der Waals surface area contributed by atoms with Crippen LogP contribution in [0.2, 0.25) is 0 Å². The lowest BCUT2D eigenvalue weighted by molar-refractivity contribution is -0.147. The standard InChI is InChI=1S/C20H23NO4/c1-14-8-9-15(2)17(12-14)21-19(22)13-25-20(23)11-10-16-6-4-5-7-18(16)24-3/h4-9,12H,10-11,13H2,1-3H3,(H,21,22). The zero-order chi connectivity index (χ0) is 18.2. The smallest absolute Gasteiger partial charge is 0.306 e. The summed E-state index contributed by atoms with van der Waals surface area (Å²) in [5.74, 6) is -0.0238. The number of amides is 1. The van der Waals surface area contributed by atoms with Crippen LogP contribution in [0.4, 0.5) is 5.69 Å². The van der Waals surface area contributed by atoms with Crippen LogP contribution >= 0.6 is 0 Å². The number of hydrogen-bond acceptors (Lipinski definition) is 4. The van der Waals surface area contributed by atoms with E-state index in [1.807, 2.05) is 56.3 Å². The number of carbonyl (C=O) groups excluding carboxylic acids is 2. The third-order valence-corrected chi connectivity index (χ3v) is 3.82. The van der Waals surface area contributed by atoms with E-state index in [1.165, 1.54) is 0 Å². The molecule has 5 heteroatoms. The minimum atomic E-state index is -0.415.